The number of nitrogens with one attached hydrogen (secondary N) is 1. The van der Waals surface area contributed by atoms with Gasteiger partial charge in [-0.05, 0) is 0 Å². The van der Waals surface area contributed by atoms with Crippen molar-refractivity contribution >= 4 is 34.8 Å². The molecular formula is C8H9ClN2O3S. The molecule has 0 unspecified atom stereocenters. The van der Waals surface area contributed by atoms with Crippen molar-refractivity contribution in [2.75, 3.05) is 0 Å². The average molecular weight is 249 g/mol. The maximum absolute atomic E-state index is 10.9. The highest BCUT2D eigenvalue weighted by Crippen LogP contribution is 2.25. The van der Waals surface area contributed by atoms with E-state index in [2.05, 4.69) is 10.3 Å². The van der Waals surface area contributed by atoms with E-state index < -0.39 is 12.0 Å². The number of amides is 1. The van der Waals surface area contributed by atoms with Crippen LogP contribution in [0.25, 0.3) is 0 Å². The van der Waals surface area contributed by atoms with Crippen molar-refractivity contribution in [3.05, 3.63) is 15.5 Å². The molecule has 82 valence electrons. The molecule has 0 fully saturated rings. The normalized spacial score (nSPS) is 12.1. The fourth-order valence-electron chi connectivity index (χ4n) is 1.05. The summed E-state index contributed by atoms with van der Waals surface area (Å²) in [6.07, 6.45) is 1.22. The lowest BCUT2D eigenvalue weighted by Crippen LogP contribution is -2.27. The topological polar surface area (TPSA) is 79.3 Å². The molecule has 0 spiro atoms. The molecule has 0 saturated carbocycles. The molecule has 5 nitrogen and oxygen atoms in total. The van der Waals surface area contributed by atoms with Crippen molar-refractivity contribution in [1.82, 2.24) is 10.3 Å². The maximum Gasteiger partial charge on any atom is 0.305 e. The predicted molar refractivity (Wildman–Crippen MR) is 55.9 cm³/mol. The zero-order valence-electron chi connectivity index (χ0n) is 7.86. The Kier molecular flexibility index (Phi) is 4.05. The maximum atomic E-state index is 10.9. The van der Waals surface area contributed by atoms with Crippen LogP contribution in [0.2, 0.25) is 4.34 Å². The smallest absolute Gasteiger partial charge is 0.305 e. The Morgan fingerprint density at radius 2 is 2.40 bits per heavy atom. The molecule has 7 heteroatoms. The summed E-state index contributed by atoms with van der Waals surface area (Å²) >= 11 is 6.83. The van der Waals surface area contributed by atoms with Crippen molar-refractivity contribution in [3.63, 3.8) is 0 Å². The van der Waals surface area contributed by atoms with Gasteiger partial charge in [-0.15, -0.1) is 11.3 Å². The van der Waals surface area contributed by atoms with E-state index in [-0.39, 0.29) is 12.3 Å². The van der Waals surface area contributed by atoms with Crippen LogP contribution in [0.5, 0.6) is 0 Å². The highest BCUT2D eigenvalue weighted by atomic mass is 35.5. The summed E-state index contributed by atoms with van der Waals surface area (Å²) in [5.74, 6) is -1.30. The summed E-state index contributed by atoms with van der Waals surface area (Å²) in [5.41, 5.74) is 0. The molecule has 15 heavy (non-hydrogen) atoms. The number of carbonyl (C=O) groups is 2. The van der Waals surface area contributed by atoms with Gasteiger partial charge >= 0.3 is 5.97 Å². The van der Waals surface area contributed by atoms with Crippen LogP contribution < -0.4 is 5.32 Å². The first kappa shape index (κ1) is 11.9. The number of nitrogens with zero attached hydrogens (tertiary/aromatic N) is 1. The van der Waals surface area contributed by atoms with Crippen LogP contribution in [-0.2, 0) is 9.59 Å². The van der Waals surface area contributed by atoms with Gasteiger partial charge in [-0.1, -0.05) is 11.6 Å². The molecule has 1 heterocycles. The fourth-order valence-corrected chi connectivity index (χ4v) is 2.03. The molecule has 0 radical (unpaired) electrons. The largest absolute Gasteiger partial charge is 0.481 e. The lowest BCUT2D eigenvalue weighted by Gasteiger charge is -2.12. The van der Waals surface area contributed by atoms with Gasteiger partial charge in [0.05, 0.1) is 18.7 Å². The van der Waals surface area contributed by atoms with Crippen molar-refractivity contribution in [2.45, 2.75) is 19.4 Å². The van der Waals surface area contributed by atoms with Crippen molar-refractivity contribution in [1.29, 1.82) is 0 Å². The average Bonchev–Trinajstić information content (AvgIpc) is 2.48. The van der Waals surface area contributed by atoms with Crippen LogP contribution in [0, 0.1) is 0 Å². The monoisotopic (exact) mass is 248 g/mol. The molecule has 1 aromatic rings. The van der Waals surface area contributed by atoms with Gasteiger partial charge in [0.1, 0.15) is 9.34 Å². The Morgan fingerprint density at radius 1 is 1.73 bits per heavy atom. The van der Waals surface area contributed by atoms with Crippen LogP contribution in [0.15, 0.2) is 6.20 Å². The molecule has 1 aromatic heterocycles. The number of halogens is 1. The summed E-state index contributed by atoms with van der Waals surface area (Å²) in [5, 5.41) is 11.7. The van der Waals surface area contributed by atoms with Crippen LogP contribution >= 0.6 is 22.9 Å². The quantitative estimate of drug-likeness (QED) is 0.845. The highest BCUT2D eigenvalue weighted by Gasteiger charge is 2.19. The molecule has 1 amide bonds. The number of aliphatic carboxylic acids is 1. The number of carboxylic acid groups (broad SMARTS) is 1. The molecule has 0 aliphatic rings. The summed E-state index contributed by atoms with van der Waals surface area (Å²) in [6.45, 7) is 1.32. The second kappa shape index (κ2) is 5.09. The Morgan fingerprint density at radius 3 is 2.80 bits per heavy atom. The molecule has 1 rings (SSSR count). The predicted octanol–water partition coefficient (Wildman–Crippen LogP) is 1.45. The van der Waals surface area contributed by atoms with Crippen molar-refractivity contribution in [3.8, 4) is 0 Å². The van der Waals surface area contributed by atoms with Gasteiger partial charge in [0.15, 0.2) is 0 Å². The third kappa shape index (κ3) is 3.85. The highest BCUT2D eigenvalue weighted by molar-refractivity contribution is 7.15. The third-order valence-corrected chi connectivity index (χ3v) is 2.78. The minimum atomic E-state index is -1.000. The van der Waals surface area contributed by atoms with Gasteiger partial charge < -0.3 is 10.4 Å². The lowest BCUT2D eigenvalue weighted by atomic mass is 10.2. The van der Waals surface area contributed by atoms with E-state index >= 15 is 0 Å². The number of rotatable bonds is 4. The minimum absolute atomic E-state index is 0.205. The van der Waals surface area contributed by atoms with E-state index in [1.54, 1.807) is 0 Å². The molecule has 1 atom stereocenters. The van der Waals surface area contributed by atoms with Gasteiger partial charge in [-0.25, -0.2) is 4.98 Å². The Bertz CT molecular complexity index is 364. The molecule has 2 N–H and O–H groups in total. The zero-order valence-corrected chi connectivity index (χ0v) is 9.43. The number of carbonyl (C=O) groups excluding carboxylic acids is 1. The van der Waals surface area contributed by atoms with Gasteiger partial charge in [-0.3, -0.25) is 9.59 Å². The van der Waals surface area contributed by atoms with Crippen molar-refractivity contribution in [2.24, 2.45) is 0 Å². The number of thiazole rings is 1. The van der Waals surface area contributed by atoms with Crippen LogP contribution in [0.1, 0.15) is 24.4 Å². The van der Waals surface area contributed by atoms with E-state index in [1.807, 2.05) is 0 Å². The van der Waals surface area contributed by atoms with Crippen molar-refractivity contribution < 1.29 is 14.7 Å². The standard InChI is InChI=1S/C8H9ClN2O3S/c1-4(12)11-5(2-7(13)14)8-10-3-6(9)15-8/h3,5H,2H2,1H3,(H,11,12)(H,13,14)/t5-/m0/s1. The van der Waals surface area contributed by atoms with E-state index in [4.69, 9.17) is 16.7 Å². The van der Waals surface area contributed by atoms with Gasteiger partial charge in [0, 0.05) is 6.92 Å². The number of hydrogen-bond acceptors (Lipinski definition) is 4. The number of aromatic nitrogens is 1. The second-order valence-electron chi connectivity index (χ2n) is 2.85. The van der Waals surface area contributed by atoms with Gasteiger partial charge in [-0.2, -0.15) is 0 Å². The summed E-state index contributed by atoms with van der Waals surface area (Å²) in [7, 11) is 0. The Labute approximate surface area is 95.1 Å². The Hall–Kier alpha value is -1.14. The number of carboxylic acids is 1. The first-order valence-corrected chi connectivity index (χ1v) is 5.28. The third-order valence-electron chi connectivity index (χ3n) is 1.55. The first-order valence-electron chi connectivity index (χ1n) is 4.09. The van der Waals surface area contributed by atoms with Gasteiger partial charge in [0.25, 0.3) is 0 Å². The molecule has 0 aliphatic carbocycles. The summed E-state index contributed by atoms with van der Waals surface area (Å²) in [6, 6.07) is -0.613. The van der Waals surface area contributed by atoms with Crippen LogP contribution in [0.3, 0.4) is 0 Å². The molecule has 0 bridgehead atoms. The molecule has 0 aliphatic heterocycles. The summed E-state index contributed by atoms with van der Waals surface area (Å²) in [4.78, 5) is 25.4. The van der Waals surface area contributed by atoms with Crippen LogP contribution in [0.4, 0.5) is 0 Å². The zero-order chi connectivity index (χ0) is 11.4. The van der Waals surface area contributed by atoms with E-state index in [0.717, 1.165) is 11.3 Å². The van der Waals surface area contributed by atoms with Gasteiger partial charge in [0.2, 0.25) is 5.91 Å². The van der Waals surface area contributed by atoms with E-state index in [0.29, 0.717) is 9.34 Å². The first-order chi connectivity index (χ1) is 6.99. The molecule has 0 aromatic carbocycles. The SMILES string of the molecule is CC(=O)N[C@@H](CC(=O)O)c1ncc(Cl)s1. The lowest BCUT2D eigenvalue weighted by molar-refractivity contribution is -0.137. The molecular weight excluding hydrogens is 240 g/mol. The van der Waals surface area contributed by atoms with Crippen LogP contribution in [-0.4, -0.2) is 22.0 Å². The molecule has 0 saturated heterocycles. The minimum Gasteiger partial charge on any atom is -0.481 e. The Balaban J connectivity index is 2.80. The number of hydrogen-bond donors (Lipinski definition) is 2. The van der Waals surface area contributed by atoms with E-state index in [1.165, 1.54) is 13.1 Å². The second-order valence-corrected chi connectivity index (χ2v) is 4.55. The fraction of sp³-hybridized carbons (Fsp3) is 0.375. The van der Waals surface area contributed by atoms with E-state index in [9.17, 15) is 9.59 Å². The summed E-state index contributed by atoms with van der Waals surface area (Å²) < 4.78 is 0.464.